The maximum atomic E-state index is 9.99. The van der Waals surface area contributed by atoms with Gasteiger partial charge in [0.2, 0.25) is 0 Å². The van der Waals surface area contributed by atoms with Crippen molar-refractivity contribution in [3.63, 3.8) is 0 Å². The Morgan fingerprint density at radius 3 is 1.44 bits per heavy atom. The highest BCUT2D eigenvalue weighted by molar-refractivity contribution is 5.30. The van der Waals surface area contributed by atoms with Crippen LogP contribution in [0.4, 0.5) is 0 Å². The van der Waals surface area contributed by atoms with E-state index in [0.717, 1.165) is 12.8 Å². The van der Waals surface area contributed by atoms with Crippen molar-refractivity contribution in [2.24, 2.45) is 0 Å². The van der Waals surface area contributed by atoms with Crippen molar-refractivity contribution in [1.82, 2.24) is 0 Å². The van der Waals surface area contributed by atoms with Gasteiger partial charge in [0, 0.05) is 0 Å². The second kappa shape index (κ2) is 4.95. The van der Waals surface area contributed by atoms with E-state index >= 15 is 0 Å². The lowest BCUT2D eigenvalue weighted by atomic mass is 9.84. The van der Waals surface area contributed by atoms with Gasteiger partial charge in [-0.2, -0.15) is 0 Å². The molecule has 0 heterocycles. The van der Waals surface area contributed by atoms with Crippen LogP contribution in [0, 0.1) is 0 Å². The fourth-order valence-electron chi connectivity index (χ4n) is 3.15. The molecular weight excluding hydrogens is 220 g/mol. The predicted molar refractivity (Wildman–Crippen MR) is 73.6 cm³/mol. The normalized spacial score (nSPS) is 24.3. The standard InChI is InChI=1S/C17H18O/c18-15-11-16(13-7-3-1-4-8-13)17(12-15)14-9-5-2-6-10-14/h1-10,15-18H,11-12H2/t16-,17-/m0/s1. The molecule has 0 radical (unpaired) electrons. The Hall–Kier alpha value is -1.60. The summed E-state index contributed by atoms with van der Waals surface area (Å²) >= 11 is 0. The second-order valence-corrected chi connectivity index (χ2v) is 5.16. The molecule has 0 unspecified atom stereocenters. The van der Waals surface area contributed by atoms with Gasteiger partial charge >= 0.3 is 0 Å². The van der Waals surface area contributed by atoms with Crippen LogP contribution in [0.25, 0.3) is 0 Å². The minimum Gasteiger partial charge on any atom is -0.393 e. The van der Waals surface area contributed by atoms with Crippen LogP contribution in [0.5, 0.6) is 0 Å². The van der Waals surface area contributed by atoms with Gasteiger partial charge < -0.3 is 5.11 Å². The Morgan fingerprint density at radius 2 is 1.06 bits per heavy atom. The van der Waals surface area contributed by atoms with Crippen molar-refractivity contribution in [2.75, 3.05) is 0 Å². The molecule has 0 aromatic heterocycles. The molecule has 1 nitrogen and oxygen atoms in total. The summed E-state index contributed by atoms with van der Waals surface area (Å²) in [5.74, 6) is 0.896. The van der Waals surface area contributed by atoms with Crippen molar-refractivity contribution in [3.8, 4) is 0 Å². The molecule has 3 rings (SSSR count). The molecule has 0 amide bonds. The zero-order valence-electron chi connectivity index (χ0n) is 10.4. The number of aliphatic hydroxyl groups excluding tert-OH is 1. The molecule has 0 aliphatic heterocycles. The van der Waals surface area contributed by atoms with Gasteiger partial charge in [-0.1, -0.05) is 60.7 Å². The highest BCUT2D eigenvalue weighted by Gasteiger charge is 2.34. The Kier molecular flexibility index (Phi) is 3.16. The number of aliphatic hydroxyl groups is 1. The fourth-order valence-corrected chi connectivity index (χ4v) is 3.15. The SMILES string of the molecule is OC1C[C@@H](c2ccccc2)[C@H](c2ccccc2)C1. The summed E-state index contributed by atoms with van der Waals surface area (Å²) in [6.07, 6.45) is 1.59. The summed E-state index contributed by atoms with van der Waals surface area (Å²) in [7, 11) is 0. The van der Waals surface area contributed by atoms with Gasteiger partial charge in [0.25, 0.3) is 0 Å². The Bertz CT molecular complexity index is 444. The topological polar surface area (TPSA) is 20.2 Å². The molecule has 92 valence electrons. The van der Waals surface area contributed by atoms with E-state index in [1.54, 1.807) is 0 Å². The molecule has 1 aliphatic rings. The number of hydrogen-bond donors (Lipinski definition) is 1. The van der Waals surface area contributed by atoms with Crippen LogP contribution in [0.2, 0.25) is 0 Å². The maximum absolute atomic E-state index is 9.99. The molecule has 1 aliphatic carbocycles. The van der Waals surface area contributed by atoms with Crippen molar-refractivity contribution in [2.45, 2.75) is 30.8 Å². The first kappa shape index (κ1) is 11.5. The number of rotatable bonds is 2. The number of benzene rings is 2. The Balaban J connectivity index is 1.93. The quantitative estimate of drug-likeness (QED) is 0.845. The van der Waals surface area contributed by atoms with Crippen molar-refractivity contribution in [3.05, 3.63) is 71.8 Å². The second-order valence-electron chi connectivity index (χ2n) is 5.16. The van der Waals surface area contributed by atoms with Gasteiger partial charge in [0.05, 0.1) is 6.10 Å². The van der Waals surface area contributed by atoms with Crippen LogP contribution in [-0.2, 0) is 0 Å². The zero-order valence-corrected chi connectivity index (χ0v) is 10.4. The van der Waals surface area contributed by atoms with Crippen LogP contribution in [0.3, 0.4) is 0 Å². The van der Waals surface area contributed by atoms with Crippen molar-refractivity contribution >= 4 is 0 Å². The Labute approximate surface area is 108 Å². The largest absolute Gasteiger partial charge is 0.393 e. The lowest BCUT2D eigenvalue weighted by molar-refractivity contribution is 0.180. The van der Waals surface area contributed by atoms with Crippen LogP contribution >= 0.6 is 0 Å². The molecule has 1 heteroatoms. The first-order valence-electron chi connectivity index (χ1n) is 6.62. The molecule has 0 bridgehead atoms. The summed E-state index contributed by atoms with van der Waals surface area (Å²) in [6.45, 7) is 0. The van der Waals surface area contributed by atoms with Crippen LogP contribution in [0.15, 0.2) is 60.7 Å². The Morgan fingerprint density at radius 1 is 0.667 bits per heavy atom. The van der Waals surface area contributed by atoms with E-state index in [2.05, 4.69) is 48.5 Å². The molecule has 1 saturated carbocycles. The van der Waals surface area contributed by atoms with Gasteiger partial charge in [0.15, 0.2) is 0 Å². The summed E-state index contributed by atoms with van der Waals surface area (Å²) in [4.78, 5) is 0. The molecule has 1 N–H and O–H groups in total. The lowest BCUT2D eigenvalue weighted by Crippen LogP contribution is -2.04. The van der Waals surface area contributed by atoms with Crippen molar-refractivity contribution < 1.29 is 5.11 Å². The third-order valence-electron chi connectivity index (χ3n) is 3.99. The summed E-state index contributed by atoms with van der Waals surface area (Å²) in [5, 5.41) is 9.99. The van der Waals surface area contributed by atoms with Crippen molar-refractivity contribution in [1.29, 1.82) is 0 Å². The average molecular weight is 238 g/mol. The van der Waals surface area contributed by atoms with Gasteiger partial charge in [-0.25, -0.2) is 0 Å². The van der Waals surface area contributed by atoms with E-state index in [-0.39, 0.29) is 6.10 Å². The molecule has 2 aromatic carbocycles. The minimum absolute atomic E-state index is 0.166. The zero-order chi connectivity index (χ0) is 12.4. The van der Waals surface area contributed by atoms with Crippen LogP contribution < -0.4 is 0 Å². The fraction of sp³-hybridized carbons (Fsp3) is 0.294. The predicted octanol–water partition coefficient (Wildman–Crippen LogP) is 3.71. The van der Waals surface area contributed by atoms with Gasteiger partial charge in [0.1, 0.15) is 0 Å². The molecule has 0 spiro atoms. The highest BCUT2D eigenvalue weighted by atomic mass is 16.3. The molecule has 2 atom stereocenters. The van der Waals surface area contributed by atoms with E-state index in [9.17, 15) is 5.11 Å². The minimum atomic E-state index is -0.166. The average Bonchev–Trinajstić information content (AvgIpc) is 2.83. The molecule has 1 fully saturated rings. The maximum Gasteiger partial charge on any atom is 0.0552 e. The number of hydrogen-bond acceptors (Lipinski definition) is 1. The summed E-state index contributed by atoms with van der Waals surface area (Å²) < 4.78 is 0. The first-order chi connectivity index (χ1) is 8.84. The lowest BCUT2D eigenvalue weighted by Gasteiger charge is -2.20. The van der Waals surface area contributed by atoms with Gasteiger partial charge in [-0.3, -0.25) is 0 Å². The third kappa shape index (κ3) is 2.19. The summed E-state index contributed by atoms with van der Waals surface area (Å²) in [5.41, 5.74) is 2.70. The van der Waals surface area contributed by atoms with Gasteiger partial charge in [-0.15, -0.1) is 0 Å². The highest BCUT2D eigenvalue weighted by Crippen LogP contribution is 2.45. The van der Waals surface area contributed by atoms with Crippen LogP contribution in [0.1, 0.15) is 35.8 Å². The molecule has 18 heavy (non-hydrogen) atoms. The molecule has 2 aromatic rings. The van der Waals surface area contributed by atoms with Gasteiger partial charge in [-0.05, 0) is 35.8 Å². The van der Waals surface area contributed by atoms with Crippen LogP contribution in [-0.4, -0.2) is 11.2 Å². The molecular formula is C17H18O. The van der Waals surface area contributed by atoms with E-state index in [1.165, 1.54) is 11.1 Å². The molecule has 0 saturated heterocycles. The monoisotopic (exact) mass is 238 g/mol. The van der Waals surface area contributed by atoms with E-state index in [1.807, 2.05) is 12.1 Å². The third-order valence-corrected chi connectivity index (χ3v) is 3.99. The summed E-state index contributed by atoms with van der Waals surface area (Å²) in [6, 6.07) is 21.2. The van der Waals surface area contributed by atoms with E-state index in [0.29, 0.717) is 11.8 Å². The first-order valence-corrected chi connectivity index (χ1v) is 6.62. The van der Waals surface area contributed by atoms with E-state index < -0.39 is 0 Å². The smallest absolute Gasteiger partial charge is 0.0552 e. The van der Waals surface area contributed by atoms with E-state index in [4.69, 9.17) is 0 Å².